The van der Waals surface area contributed by atoms with Crippen LogP contribution in [0.5, 0.6) is 11.5 Å². The van der Waals surface area contributed by atoms with Crippen LogP contribution in [-0.4, -0.2) is 39.2 Å². The number of rotatable bonds is 7. The predicted molar refractivity (Wildman–Crippen MR) is 134 cm³/mol. The number of esters is 1. The van der Waals surface area contributed by atoms with Crippen molar-refractivity contribution in [2.24, 2.45) is 5.41 Å². The lowest BCUT2D eigenvalue weighted by Gasteiger charge is -2.16. The summed E-state index contributed by atoms with van der Waals surface area (Å²) in [4.78, 5) is 25.8. The molecule has 4 rings (SSSR count). The number of benzene rings is 3. The number of carbonyl (C=O) groups excluding carboxylic acids is 1. The number of aromatic hydroxyl groups is 1. The molecule has 35 heavy (non-hydrogen) atoms. The van der Waals surface area contributed by atoms with Gasteiger partial charge in [-0.15, -0.1) is 0 Å². The van der Waals surface area contributed by atoms with Crippen LogP contribution >= 0.6 is 0 Å². The summed E-state index contributed by atoms with van der Waals surface area (Å²) in [7, 11) is 0. The van der Waals surface area contributed by atoms with Crippen molar-refractivity contribution in [1.29, 1.82) is 0 Å². The second-order valence-electron chi connectivity index (χ2n) is 8.95. The van der Waals surface area contributed by atoms with Gasteiger partial charge >= 0.3 is 5.97 Å². The Morgan fingerprint density at radius 3 is 1.83 bits per heavy atom. The zero-order valence-electron chi connectivity index (χ0n) is 19.9. The van der Waals surface area contributed by atoms with Crippen LogP contribution in [0.2, 0.25) is 0 Å². The van der Waals surface area contributed by atoms with Gasteiger partial charge in [0.15, 0.2) is 17.5 Å². The van der Waals surface area contributed by atoms with Gasteiger partial charge in [-0.3, -0.25) is 4.79 Å². The van der Waals surface area contributed by atoms with Crippen LogP contribution in [-0.2, 0) is 9.53 Å². The quantitative estimate of drug-likeness (QED) is 0.280. The summed E-state index contributed by atoms with van der Waals surface area (Å²) in [5.74, 6) is 1.49. The molecule has 7 nitrogen and oxygen atoms in total. The van der Waals surface area contributed by atoms with Crippen LogP contribution in [0, 0.1) is 5.41 Å². The Morgan fingerprint density at radius 2 is 1.31 bits per heavy atom. The molecule has 7 heteroatoms. The maximum atomic E-state index is 11.9. The van der Waals surface area contributed by atoms with Gasteiger partial charge in [-0.2, -0.15) is 0 Å². The first-order valence-corrected chi connectivity index (χ1v) is 11.3. The molecule has 0 radical (unpaired) electrons. The summed E-state index contributed by atoms with van der Waals surface area (Å²) in [5, 5.41) is 10.8. The molecular weight excluding hydrogens is 442 g/mol. The highest BCUT2D eigenvalue weighted by atomic mass is 16.6. The number of aromatic nitrogens is 3. The van der Waals surface area contributed by atoms with Crippen molar-refractivity contribution in [3.63, 3.8) is 0 Å². The minimum atomic E-state index is -0.568. The topological polar surface area (TPSA) is 94.4 Å². The average Bonchev–Trinajstić information content (AvgIpc) is 2.87. The summed E-state index contributed by atoms with van der Waals surface area (Å²) >= 11 is 0. The van der Waals surface area contributed by atoms with Crippen molar-refractivity contribution in [2.45, 2.75) is 20.8 Å². The van der Waals surface area contributed by atoms with E-state index in [2.05, 4.69) is 15.0 Å². The van der Waals surface area contributed by atoms with E-state index in [1.54, 1.807) is 32.9 Å². The monoisotopic (exact) mass is 469 g/mol. The summed E-state index contributed by atoms with van der Waals surface area (Å²) < 4.78 is 10.8. The molecule has 3 aromatic carbocycles. The first kappa shape index (κ1) is 23.9. The van der Waals surface area contributed by atoms with Gasteiger partial charge in [-0.1, -0.05) is 60.7 Å². The Hall–Kier alpha value is -4.26. The van der Waals surface area contributed by atoms with Gasteiger partial charge in [0, 0.05) is 17.2 Å². The van der Waals surface area contributed by atoms with Crippen molar-refractivity contribution in [1.82, 2.24) is 15.0 Å². The van der Waals surface area contributed by atoms with Crippen LogP contribution in [0.4, 0.5) is 0 Å². The maximum absolute atomic E-state index is 11.9. The van der Waals surface area contributed by atoms with Gasteiger partial charge in [0.25, 0.3) is 0 Å². The molecule has 0 unspecified atom stereocenters. The standard InChI is InChI=1S/C28H27N3O4/c1-28(2,3)27(33)35-17-16-34-21-14-15-22(23(32)18-21)26-30-24(19-10-6-4-7-11-19)29-25(31-26)20-12-8-5-9-13-20/h4-15,18,32H,16-17H2,1-3H3. The van der Waals surface area contributed by atoms with Gasteiger partial charge in [-0.05, 0) is 32.9 Å². The van der Waals surface area contributed by atoms with Gasteiger partial charge in [0.1, 0.15) is 24.7 Å². The van der Waals surface area contributed by atoms with E-state index >= 15 is 0 Å². The van der Waals surface area contributed by atoms with Crippen molar-refractivity contribution >= 4 is 5.97 Å². The summed E-state index contributed by atoms with van der Waals surface area (Å²) in [6.07, 6.45) is 0. The molecule has 4 aromatic rings. The minimum Gasteiger partial charge on any atom is -0.507 e. The molecule has 0 saturated carbocycles. The van der Waals surface area contributed by atoms with E-state index in [0.29, 0.717) is 28.8 Å². The van der Waals surface area contributed by atoms with Crippen LogP contribution in [0.15, 0.2) is 78.9 Å². The fraction of sp³-hybridized carbons (Fsp3) is 0.214. The van der Waals surface area contributed by atoms with Crippen LogP contribution in [0.1, 0.15) is 20.8 Å². The second-order valence-corrected chi connectivity index (χ2v) is 8.95. The first-order chi connectivity index (χ1) is 16.8. The molecule has 1 heterocycles. The van der Waals surface area contributed by atoms with Crippen LogP contribution < -0.4 is 4.74 Å². The van der Waals surface area contributed by atoms with Gasteiger partial charge in [0.05, 0.1) is 11.0 Å². The Bertz CT molecular complexity index is 1250. The Balaban J connectivity index is 1.59. The van der Waals surface area contributed by atoms with Gasteiger partial charge in [0.2, 0.25) is 0 Å². The molecular formula is C28H27N3O4. The molecule has 1 aromatic heterocycles. The van der Waals surface area contributed by atoms with Crippen molar-refractivity contribution in [3.05, 3.63) is 78.9 Å². The molecule has 0 aliphatic rings. The summed E-state index contributed by atoms with van der Waals surface area (Å²) in [6.45, 7) is 5.66. The summed E-state index contributed by atoms with van der Waals surface area (Å²) in [6, 6.07) is 24.2. The van der Waals surface area contributed by atoms with E-state index in [9.17, 15) is 9.90 Å². The lowest BCUT2D eigenvalue weighted by Crippen LogP contribution is -2.24. The number of phenols is 1. The number of carbonyl (C=O) groups is 1. The number of nitrogens with zero attached hydrogens (tertiary/aromatic N) is 3. The van der Waals surface area contributed by atoms with Crippen molar-refractivity contribution in [2.75, 3.05) is 13.2 Å². The largest absolute Gasteiger partial charge is 0.507 e. The number of hydrogen-bond acceptors (Lipinski definition) is 7. The van der Waals surface area contributed by atoms with E-state index in [1.165, 1.54) is 6.07 Å². The average molecular weight is 470 g/mol. The first-order valence-electron chi connectivity index (χ1n) is 11.3. The third-order valence-corrected chi connectivity index (χ3v) is 5.11. The van der Waals surface area contributed by atoms with Crippen LogP contribution in [0.3, 0.4) is 0 Å². The van der Waals surface area contributed by atoms with Crippen molar-refractivity contribution in [3.8, 4) is 45.7 Å². The van der Waals surface area contributed by atoms with Crippen LogP contribution in [0.25, 0.3) is 34.2 Å². The lowest BCUT2D eigenvalue weighted by atomic mass is 9.97. The fourth-order valence-corrected chi connectivity index (χ4v) is 3.23. The highest BCUT2D eigenvalue weighted by Gasteiger charge is 2.22. The molecule has 0 amide bonds. The highest BCUT2D eigenvalue weighted by Crippen LogP contribution is 2.32. The SMILES string of the molecule is CC(C)(C)C(=O)OCCOc1ccc(-c2nc(-c3ccccc3)nc(-c3ccccc3)n2)c(O)c1. The second kappa shape index (κ2) is 10.3. The molecule has 0 bridgehead atoms. The number of hydrogen-bond donors (Lipinski definition) is 1. The Morgan fingerprint density at radius 1 is 0.771 bits per heavy atom. The molecule has 0 atom stereocenters. The molecule has 0 saturated heterocycles. The minimum absolute atomic E-state index is 0.0293. The maximum Gasteiger partial charge on any atom is 0.311 e. The number of ether oxygens (including phenoxy) is 2. The molecule has 178 valence electrons. The normalized spacial score (nSPS) is 11.2. The zero-order valence-corrected chi connectivity index (χ0v) is 19.9. The van der Waals surface area contributed by atoms with Gasteiger partial charge in [-0.25, -0.2) is 15.0 Å². The molecule has 0 fully saturated rings. The van der Waals surface area contributed by atoms with E-state index < -0.39 is 5.41 Å². The van der Waals surface area contributed by atoms with E-state index in [-0.39, 0.29) is 24.9 Å². The smallest absolute Gasteiger partial charge is 0.311 e. The highest BCUT2D eigenvalue weighted by molar-refractivity contribution is 5.75. The lowest BCUT2D eigenvalue weighted by molar-refractivity contribution is -0.153. The predicted octanol–water partition coefficient (Wildman–Crippen LogP) is 5.55. The third-order valence-electron chi connectivity index (χ3n) is 5.11. The van der Waals surface area contributed by atoms with E-state index in [0.717, 1.165) is 11.1 Å². The fourth-order valence-electron chi connectivity index (χ4n) is 3.23. The zero-order chi connectivity index (χ0) is 24.8. The van der Waals surface area contributed by atoms with E-state index in [1.807, 2.05) is 60.7 Å². The molecule has 0 aliphatic carbocycles. The number of phenolic OH excluding ortho intramolecular Hbond substituents is 1. The molecule has 0 spiro atoms. The molecule has 1 N–H and O–H groups in total. The third kappa shape index (κ3) is 6.00. The molecule has 0 aliphatic heterocycles. The van der Waals surface area contributed by atoms with Gasteiger partial charge < -0.3 is 14.6 Å². The van der Waals surface area contributed by atoms with Crippen molar-refractivity contribution < 1.29 is 19.4 Å². The summed E-state index contributed by atoms with van der Waals surface area (Å²) in [5.41, 5.74) is 1.57. The Labute approximate surface area is 204 Å². The van der Waals surface area contributed by atoms with E-state index in [4.69, 9.17) is 9.47 Å². The Kier molecular flexibility index (Phi) is 7.06.